The van der Waals surface area contributed by atoms with Crippen LogP contribution in [0.25, 0.3) is 0 Å². The molecule has 0 aliphatic heterocycles. The standard InChI is InChI=1S/C14H20ClN3O2/c1-14(2,3)20-13(19)18-11-6-10(7-11)17-9-4-5-16-12(15)8-9/h4-5,8,10-11H,6-7H2,1-3H3,(H,16,17)(H,18,19). The highest BCUT2D eigenvalue weighted by Gasteiger charge is 2.31. The van der Waals surface area contributed by atoms with Gasteiger partial charge in [0.1, 0.15) is 10.8 Å². The number of hydrogen-bond acceptors (Lipinski definition) is 4. The lowest BCUT2D eigenvalue weighted by atomic mass is 9.86. The van der Waals surface area contributed by atoms with Crippen LogP contribution in [-0.2, 0) is 4.74 Å². The largest absolute Gasteiger partial charge is 0.444 e. The lowest BCUT2D eigenvalue weighted by Gasteiger charge is -2.37. The Kier molecular flexibility index (Phi) is 4.38. The topological polar surface area (TPSA) is 63.2 Å². The van der Waals surface area contributed by atoms with E-state index in [9.17, 15) is 4.79 Å². The monoisotopic (exact) mass is 297 g/mol. The Morgan fingerprint density at radius 1 is 1.40 bits per heavy atom. The highest BCUT2D eigenvalue weighted by Crippen LogP contribution is 2.25. The maximum absolute atomic E-state index is 11.6. The molecule has 0 spiro atoms. The minimum atomic E-state index is -0.459. The highest BCUT2D eigenvalue weighted by molar-refractivity contribution is 6.29. The van der Waals surface area contributed by atoms with E-state index in [4.69, 9.17) is 16.3 Å². The molecule has 1 heterocycles. The van der Waals surface area contributed by atoms with E-state index >= 15 is 0 Å². The molecule has 0 atom stereocenters. The smallest absolute Gasteiger partial charge is 0.407 e. The van der Waals surface area contributed by atoms with Crippen molar-refractivity contribution in [2.45, 2.75) is 51.3 Å². The number of nitrogens with zero attached hydrogens (tertiary/aromatic N) is 1. The Balaban J connectivity index is 1.71. The van der Waals surface area contributed by atoms with E-state index in [-0.39, 0.29) is 12.1 Å². The van der Waals surface area contributed by atoms with Gasteiger partial charge < -0.3 is 15.4 Å². The summed E-state index contributed by atoms with van der Waals surface area (Å²) < 4.78 is 5.22. The van der Waals surface area contributed by atoms with Crippen LogP contribution >= 0.6 is 11.6 Å². The van der Waals surface area contributed by atoms with Crippen LogP contribution in [0.1, 0.15) is 33.6 Å². The third kappa shape index (κ3) is 4.56. The van der Waals surface area contributed by atoms with Gasteiger partial charge in [0.15, 0.2) is 0 Å². The number of anilines is 1. The first-order valence-electron chi connectivity index (χ1n) is 6.69. The van der Waals surface area contributed by atoms with Gasteiger partial charge in [-0.05, 0) is 45.7 Å². The number of amides is 1. The summed E-state index contributed by atoms with van der Waals surface area (Å²) in [6, 6.07) is 4.17. The van der Waals surface area contributed by atoms with Gasteiger partial charge in [-0.1, -0.05) is 11.6 Å². The Hall–Kier alpha value is -1.49. The minimum absolute atomic E-state index is 0.166. The van der Waals surface area contributed by atoms with Crippen LogP contribution in [0.5, 0.6) is 0 Å². The van der Waals surface area contributed by atoms with Gasteiger partial charge in [-0.2, -0.15) is 0 Å². The average molecular weight is 298 g/mol. The van der Waals surface area contributed by atoms with Crippen molar-refractivity contribution in [3.63, 3.8) is 0 Å². The summed E-state index contributed by atoms with van der Waals surface area (Å²) in [5.41, 5.74) is 0.491. The second-order valence-electron chi connectivity index (χ2n) is 6.02. The summed E-state index contributed by atoms with van der Waals surface area (Å²) in [5, 5.41) is 6.68. The first-order chi connectivity index (χ1) is 9.32. The van der Waals surface area contributed by atoms with Crippen LogP contribution in [0.15, 0.2) is 18.3 Å². The second kappa shape index (κ2) is 5.87. The summed E-state index contributed by atoms with van der Waals surface area (Å²) in [4.78, 5) is 15.5. The second-order valence-corrected chi connectivity index (χ2v) is 6.41. The quantitative estimate of drug-likeness (QED) is 0.841. The molecule has 0 aromatic carbocycles. The van der Waals surface area contributed by atoms with Gasteiger partial charge in [0.2, 0.25) is 0 Å². The zero-order valence-electron chi connectivity index (χ0n) is 11.9. The molecule has 0 radical (unpaired) electrons. The van der Waals surface area contributed by atoms with Crippen LogP contribution < -0.4 is 10.6 Å². The van der Waals surface area contributed by atoms with Crippen molar-refractivity contribution >= 4 is 23.4 Å². The van der Waals surface area contributed by atoms with E-state index in [1.807, 2.05) is 26.8 Å². The summed E-state index contributed by atoms with van der Waals surface area (Å²) in [6.07, 6.45) is 3.06. The summed E-state index contributed by atoms with van der Waals surface area (Å²) in [7, 11) is 0. The molecule has 1 aromatic heterocycles. The maximum atomic E-state index is 11.6. The lowest BCUT2D eigenvalue weighted by Crippen LogP contribution is -2.50. The number of carbonyl (C=O) groups excluding carboxylic acids is 1. The number of aromatic nitrogens is 1. The van der Waals surface area contributed by atoms with Crippen molar-refractivity contribution in [2.75, 3.05) is 5.32 Å². The lowest BCUT2D eigenvalue weighted by molar-refractivity contribution is 0.0475. The van der Waals surface area contributed by atoms with Gasteiger partial charge in [-0.15, -0.1) is 0 Å². The SMILES string of the molecule is CC(C)(C)OC(=O)NC1CC(Nc2ccnc(Cl)c2)C1. The zero-order valence-corrected chi connectivity index (χ0v) is 12.7. The molecule has 1 aliphatic rings. The Morgan fingerprint density at radius 2 is 2.10 bits per heavy atom. The maximum Gasteiger partial charge on any atom is 0.407 e. The molecule has 5 nitrogen and oxygen atoms in total. The van der Waals surface area contributed by atoms with E-state index in [1.165, 1.54) is 0 Å². The fourth-order valence-electron chi connectivity index (χ4n) is 2.06. The van der Waals surface area contributed by atoms with Crippen molar-refractivity contribution in [3.8, 4) is 0 Å². The number of ether oxygens (including phenoxy) is 1. The van der Waals surface area contributed by atoms with E-state index in [0.29, 0.717) is 11.2 Å². The van der Waals surface area contributed by atoms with Crippen molar-refractivity contribution in [2.24, 2.45) is 0 Å². The number of pyridine rings is 1. The number of halogens is 1. The summed E-state index contributed by atoms with van der Waals surface area (Å²) in [5.74, 6) is 0. The van der Waals surface area contributed by atoms with Gasteiger partial charge in [0.05, 0.1) is 0 Å². The summed E-state index contributed by atoms with van der Waals surface area (Å²) in [6.45, 7) is 5.56. The Bertz CT molecular complexity index is 482. The molecule has 20 heavy (non-hydrogen) atoms. The molecule has 1 aromatic rings. The molecule has 2 N–H and O–H groups in total. The molecule has 2 rings (SSSR count). The van der Waals surface area contributed by atoms with Gasteiger partial charge in [-0.3, -0.25) is 0 Å². The fourth-order valence-corrected chi connectivity index (χ4v) is 2.23. The van der Waals surface area contributed by atoms with Gasteiger partial charge >= 0.3 is 6.09 Å². The van der Waals surface area contributed by atoms with Crippen LogP contribution in [0.3, 0.4) is 0 Å². The van der Waals surface area contributed by atoms with Gasteiger partial charge in [-0.25, -0.2) is 9.78 Å². The zero-order chi connectivity index (χ0) is 14.8. The molecular weight excluding hydrogens is 278 g/mol. The minimum Gasteiger partial charge on any atom is -0.444 e. The molecule has 1 fully saturated rings. The van der Waals surface area contributed by atoms with Crippen LogP contribution in [-0.4, -0.2) is 28.8 Å². The molecular formula is C14H20ClN3O2. The number of alkyl carbamates (subject to hydrolysis) is 1. The first-order valence-corrected chi connectivity index (χ1v) is 7.07. The predicted molar refractivity (Wildman–Crippen MR) is 79.0 cm³/mol. The third-order valence-corrected chi connectivity index (χ3v) is 3.16. The van der Waals surface area contributed by atoms with E-state index in [1.54, 1.807) is 12.3 Å². The molecule has 1 saturated carbocycles. The molecule has 0 unspecified atom stereocenters. The third-order valence-electron chi connectivity index (χ3n) is 2.96. The molecule has 1 amide bonds. The predicted octanol–water partition coefficient (Wildman–Crippen LogP) is 3.20. The number of carbonyl (C=O) groups is 1. The first kappa shape index (κ1) is 14.9. The van der Waals surface area contributed by atoms with Crippen molar-refractivity contribution in [1.82, 2.24) is 10.3 Å². The van der Waals surface area contributed by atoms with E-state index in [2.05, 4.69) is 15.6 Å². The van der Waals surface area contributed by atoms with Crippen molar-refractivity contribution < 1.29 is 9.53 Å². The number of hydrogen-bond donors (Lipinski definition) is 2. The fraction of sp³-hybridized carbons (Fsp3) is 0.571. The number of nitrogens with one attached hydrogen (secondary N) is 2. The number of rotatable bonds is 3. The Morgan fingerprint density at radius 3 is 2.70 bits per heavy atom. The van der Waals surface area contributed by atoms with Crippen LogP contribution in [0.2, 0.25) is 5.15 Å². The normalized spacial score (nSPS) is 21.8. The summed E-state index contributed by atoms with van der Waals surface area (Å²) >= 11 is 5.82. The van der Waals surface area contributed by atoms with Gasteiger partial charge in [0.25, 0.3) is 0 Å². The van der Waals surface area contributed by atoms with Crippen LogP contribution in [0, 0.1) is 0 Å². The molecule has 6 heteroatoms. The molecule has 1 aliphatic carbocycles. The van der Waals surface area contributed by atoms with Crippen molar-refractivity contribution in [1.29, 1.82) is 0 Å². The van der Waals surface area contributed by atoms with Crippen LogP contribution in [0.4, 0.5) is 10.5 Å². The highest BCUT2D eigenvalue weighted by atomic mass is 35.5. The molecule has 110 valence electrons. The van der Waals surface area contributed by atoms with E-state index < -0.39 is 5.60 Å². The Labute approximate surface area is 124 Å². The molecule has 0 saturated heterocycles. The van der Waals surface area contributed by atoms with E-state index in [0.717, 1.165) is 18.5 Å². The van der Waals surface area contributed by atoms with Crippen molar-refractivity contribution in [3.05, 3.63) is 23.5 Å². The molecule has 0 bridgehead atoms. The average Bonchev–Trinajstić information content (AvgIpc) is 2.23. The van der Waals surface area contributed by atoms with Gasteiger partial charge in [0, 0.05) is 24.0 Å².